The molecule has 0 nitrogen and oxygen atoms in total. The summed E-state index contributed by atoms with van der Waals surface area (Å²) in [6, 6.07) is 30.3. The number of benzene rings is 3. The van der Waals surface area contributed by atoms with Gasteiger partial charge < -0.3 is 0 Å². The van der Waals surface area contributed by atoms with E-state index >= 15 is 0 Å². The zero-order valence-electron chi connectivity index (χ0n) is 13.0. The van der Waals surface area contributed by atoms with Crippen molar-refractivity contribution in [2.75, 3.05) is 0 Å². The maximum atomic E-state index is 2.25. The Balaban J connectivity index is 1.86. The molecule has 0 aliphatic carbocycles. The van der Waals surface area contributed by atoms with Crippen molar-refractivity contribution in [3.63, 3.8) is 0 Å². The van der Waals surface area contributed by atoms with Gasteiger partial charge in [-0.3, -0.25) is 0 Å². The summed E-state index contributed by atoms with van der Waals surface area (Å²) in [5.41, 5.74) is 5.39. The lowest BCUT2D eigenvalue weighted by Gasteiger charge is -2.17. The van der Waals surface area contributed by atoms with Crippen molar-refractivity contribution in [1.29, 1.82) is 0 Å². The average Bonchev–Trinajstić information content (AvgIpc) is 2.57. The van der Waals surface area contributed by atoms with Crippen LogP contribution in [0.25, 0.3) is 0 Å². The molecule has 0 aliphatic rings. The molecular formula is C22H21. The van der Waals surface area contributed by atoms with Gasteiger partial charge in [0.25, 0.3) is 0 Å². The van der Waals surface area contributed by atoms with E-state index in [1.165, 1.54) is 28.2 Å². The molecule has 0 atom stereocenters. The Morgan fingerprint density at radius 1 is 0.591 bits per heavy atom. The first-order valence-corrected chi connectivity index (χ1v) is 7.81. The van der Waals surface area contributed by atoms with Crippen LogP contribution in [0.5, 0.6) is 0 Å². The first kappa shape index (κ1) is 14.6. The zero-order valence-corrected chi connectivity index (χ0v) is 13.0. The van der Waals surface area contributed by atoms with E-state index in [0.29, 0.717) is 0 Å². The molecule has 1 radical (unpaired) electrons. The van der Waals surface area contributed by atoms with E-state index < -0.39 is 0 Å². The second-order valence-electron chi connectivity index (χ2n) is 5.79. The van der Waals surface area contributed by atoms with Crippen molar-refractivity contribution >= 4 is 0 Å². The highest BCUT2D eigenvalue weighted by atomic mass is 14.2. The lowest BCUT2D eigenvalue weighted by atomic mass is 9.86. The lowest BCUT2D eigenvalue weighted by molar-refractivity contribution is 0.897. The minimum atomic E-state index is 0.999. The molecule has 3 rings (SSSR count). The molecule has 0 aromatic heterocycles. The molecule has 0 unspecified atom stereocenters. The van der Waals surface area contributed by atoms with Crippen molar-refractivity contribution in [1.82, 2.24) is 0 Å². The lowest BCUT2D eigenvalue weighted by Crippen LogP contribution is -2.08. The molecule has 3 aromatic rings. The van der Waals surface area contributed by atoms with Crippen LogP contribution in [0.15, 0.2) is 84.9 Å². The third-order valence-electron chi connectivity index (χ3n) is 3.98. The van der Waals surface area contributed by atoms with Crippen molar-refractivity contribution in [3.8, 4) is 0 Å². The van der Waals surface area contributed by atoms with Gasteiger partial charge in [0, 0.05) is 5.92 Å². The third kappa shape index (κ3) is 3.85. The van der Waals surface area contributed by atoms with Crippen molar-refractivity contribution in [3.05, 3.63) is 113 Å². The van der Waals surface area contributed by atoms with Crippen LogP contribution in [0.1, 0.15) is 22.3 Å². The highest BCUT2D eigenvalue weighted by Crippen LogP contribution is 2.24. The fourth-order valence-electron chi connectivity index (χ4n) is 2.74. The van der Waals surface area contributed by atoms with Crippen LogP contribution in [0.2, 0.25) is 0 Å². The number of hydrogen-bond acceptors (Lipinski definition) is 0. The van der Waals surface area contributed by atoms with E-state index in [4.69, 9.17) is 0 Å². The molecule has 0 aliphatic heterocycles. The first-order valence-electron chi connectivity index (χ1n) is 7.81. The van der Waals surface area contributed by atoms with E-state index in [-0.39, 0.29) is 0 Å². The van der Waals surface area contributed by atoms with E-state index in [1.807, 2.05) is 0 Å². The molecule has 109 valence electrons. The number of aryl methyl sites for hydroxylation is 1. The molecule has 0 heteroatoms. The minimum Gasteiger partial charge on any atom is -0.0622 e. The van der Waals surface area contributed by atoms with Gasteiger partial charge in [0.1, 0.15) is 0 Å². The van der Waals surface area contributed by atoms with Gasteiger partial charge in [-0.05, 0) is 36.5 Å². The summed E-state index contributed by atoms with van der Waals surface area (Å²) in [6.45, 7) is 2.14. The van der Waals surface area contributed by atoms with Crippen LogP contribution in [0, 0.1) is 12.8 Å². The third-order valence-corrected chi connectivity index (χ3v) is 3.98. The summed E-state index contributed by atoms with van der Waals surface area (Å²) in [6.07, 6.45) is 2.00. The molecular weight excluding hydrogens is 264 g/mol. The molecule has 0 heterocycles. The predicted octanol–water partition coefficient (Wildman–Crippen LogP) is 5.40. The molecule has 0 saturated carbocycles. The molecule has 0 fully saturated rings. The van der Waals surface area contributed by atoms with Crippen LogP contribution in [-0.4, -0.2) is 0 Å². The Bertz CT molecular complexity index is 640. The SMILES string of the molecule is Cc1ccc([C](Cc2ccccc2)Cc2ccccc2)cc1. The van der Waals surface area contributed by atoms with Crippen molar-refractivity contribution < 1.29 is 0 Å². The maximum absolute atomic E-state index is 2.25. The Labute approximate surface area is 133 Å². The van der Waals surface area contributed by atoms with Gasteiger partial charge in [-0.1, -0.05) is 90.5 Å². The number of hydrogen-bond donors (Lipinski definition) is 0. The predicted molar refractivity (Wildman–Crippen MR) is 93.8 cm³/mol. The van der Waals surface area contributed by atoms with Crippen LogP contribution < -0.4 is 0 Å². The van der Waals surface area contributed by atoms with E-state index in [9.17, 15) is 0 Å². The second-order valence-corrected chi connectivity index (χ2v) is 5.79. The quantitative estimate of drug-likeness (QED) is 0.588. The largest absolute Gasteiger partial charge is 0.0622 e. The molecule has 0 saturated heterocycles. The smallest absolute Gasteiger partial charge is 0.0137 e. The Morgan fingerprint density at radius 3 is 1.50 bits per heavy atom. The van der Waals surface area contributed by atoms with E-state index in [2.05, 4.69) is 91.9 Å². The molecule has 0 N–H and O–H groups in total. The van der Waals surface area contributed by atoms with Gasteiger partial charge in [-0.2, -0.15) is 0 Å². The highest BCUT2D eigenvalue weighted by molar-refractivity contribution is 5.39. The molecule has 22 heavy (non-hydrogen) atoms. The maximum Gasteiger partial charge on any atom is 0.0137 e. The van der Waals surface area contributed by atoms with Gasteiger partial charge in [0.2, 0.25) is 0 Å². The molecule has 0 bridgehead atoms. The summed E-state index contributed by atoms with van der Waals surface area (Å²) in [5.74, 6) is 1.47. The fourth-order valence-corrected chi connectivity index (χ4v) is 2.74. The average molecular weight is 285 g/mol. The molecule has 0 amide bonds. The van der Waals surface area contributed by atoms with Crippen molar-refractivity contribution in [2.45, 2.75) is 19.8 Å². The van der Waals surface area contributed by atoms with E-state index in [1.54, 1.807) is 0 Å². The monoisotopic (exact) mass is 285 g/mol. The first-order chi connectivity index (χ1) is 10.8. The fraction of sp³-hybridized carbons (Fsp3) is 0.136. The van der Waals surface area contributed by atoms with Crippen LogP contribution in [-0.2, 0) is 12.8 Å². The second kappa shape index (κ2) is 7.09. The number of rotatable bonds is 5. The Morgan fingerprint density at radius 2 is 1.05 bits per heavy atom. The van der Waals surface area contributed by atoms with Gasteiger partial charge >= 0.3 is 0 Å². The van der Waals surface area contributed by atoms with Gasteiger partial charge in [0.15, 0.2) is 0 Å². The molecule has 3 aromatic carbocycles. The zero-order chi connectivity index (χ0) is 15.2. The standard InChI is InChI=1S/C22H21/c1-18-12-14-21(15-13-18)22(16-19-8-4-2-5-9-19)17-20-10-6-3-7-11-20/h2-15H,16-17H2,1H3. The van der Waals surface area contributed by atoms with Crippen LogP contribution in [0.4, 0.5) is 0 Å². The van der Waals surface area contributed by atoms with Crippen LogP contribution >= 0.6 is 0 Å². The highest BCUT2D eigenvalue weighted by Gasteiger charge is 2.14. The van der Waals surface area contributed by atoms with Gasteiger partial charge in [0.05, 0.1) is 0 Å². The minimum absolute atomic E-state index is 0.999. The topological polar surface area (TPSA) is 0 Å². The normalized spacial score (nSPS) is 10.8. The summed E-state index contributed by atoms with van der Waals surface area (Å²) < 4.78 is 0. The van der Waals surface area contributed by atoms with E-state index in [0.717, 1.165) is 12.8 Å². The summed E-state index contributed by atoms with van der Waals surface area (Å²) in [5, 5.41) is 0. The van der Waals surface area contributed by atoms with Gasteiger partial charge in [-0.15, -0.1) is 0 Å². The van der Waals surface area contributed by atoms with Crippen molar-refractivity contribution in [2.24, 2.45) is 0 Å². The summed E-state index contributed by atoms with van der Waals surface area (Å²) in [4.78, 5) is 0. The molecule has 0 spiro atoms. The Kier molecular flexibility index (Phi) is 4.70. The summed E-state index contributed by atoms with van der Waals surface area (Å²) in [7, 11) is 0. The summed E-state index contributed by atoms with van der Waals surface area (Å²) >= 11 is 0. The van der Waals surface area contributed by atoms with Crippen LogP contribution in [0.3, 0.4) is 0 Å². The Hall–Kier alpha value is -2.34. The van der Waals surface area contributed by atoms with Gasteiger partial charge in [-0.25, -0.2) is 0 Å².